The molecule has 0 saturated heterocycles. The van der Waals surface area contributed by atoms with Crippen LogP contribution in [0.1, 0.15) is 13.3 Å². The summed E-state index contributed by atoms with van der Waals surface area (Å²) in [5.74, 6) is 0.835. The Hall–Kier alpha value is -0.470. The van der Waals surface area contributed by atoms with E-state index in [2.05, 4.69) is 10.3 Å². The molecule has 0 aromatic carbocycles. The second-order valence-corrected chi connectivity index (χ2v) is 4.04. The third kappa shape index (κ3) is 4.34. The molecule has 0 bridgehead atoms. The highest BCUT2D eigenvalue weighted by molar-refractivity contribution is 6.30. The van der Waals surface area contributed by atoms with E-state index in [1.54, 1.807) is 12.3 Å². The Morgan fingerprint density at radius 2 is 2.31 bits per heavy atom. The highest BCUT2D eigenvalue weighted by atomic mass is 35.5. The molecule has 0 fully saturated rings. The van der Waals surface area contributed by atoms with Crippen molar-refractivity contribution in [2.45, 2.75) is 18.7 Å². The molecule has 0 aliphatic rings. The Bertz CT molecular complexity index is 246. The van der Waals surface area contributed by atoms with Crippen molar-refractivity contribution in [2.75, 3.05) is 11.9 Å². The number of pyridine rings is 1. The maximum absolute atomic E-state index is 5.79. The molecule has 72 valence electrons. The van der Waals surface area contributed by atoms with Crippen molar-refractivity contribution in [1.82, 2.24) is 4.98 Å². The number of nitrogens with zero attached hydrogens (tertiary/aromatic N) is 1. The fraction of sp³-hybridized carbons (Fsp3) is 0.444. The molecule has 1 N–H and O–H groups in total. The number of nitrogens with one attached hydrogen (secondary N) is 1. The second kappa shape index (κ2) is 5.30. The number of aromatic nitrogens is 1. The van der Waals surface area contributed by atoms with E-state index in [9.17, 15) is 0 Å². The summed E-state index contributed by atoms with van der Waals surface area (Å²) in [6.45, 7) is 2.80. The Kier molecular flexibility index (Phi) is 4.33. The first-order valence-corrected chi connectivity index (χ1v) is 4.99. The molecule has 0 aliphatic heterocycles. The molecule has 4 heteroatoms. The summed E-state index contributed by atoms with van der Waals surface area (Å²) >= 11 is 11.5. The number of hydrogen-bond donors (Lipinski definition) is 1. The summed E-state index contributed by atoms with van der Waals surface area (Å²) in [6, 6.07) is 3.66. The van der Waals surface area contributed by atoms with Gasteiger partial charge in [-0.05, 0) is 25.5 Å². The Labute approximate surface area is 88.3 Å². The Morgan fingerprint density at radius 1 is 1.54 bits per heavy atom. The summed E-state index contributed by atoms with van der Waals surface area (Å²) in [5, 5.41) is 3.99. The molecule has 2 nitrogen and oxygen atoms in total. The van der Waals surface area contributed by atoms with Crippen molar-refractivity contribution in [3.05, 3.63) is 23.4 Å². The van der Waals surface area contributed by atoms with E-state index in [4.69, 9.17) is 23.2 Å². The summed E-state index contributed by atoms with van der Waals surface area (Å²) in [6.07, 6.45) is 2.54. The van der Waals surface area contributed by atoms with Crippen LogP contribution in [0.2, 0.25) is 5.02 Å². The van der Waals surface area contributed by atoms with E-state index in [1.165, 1.54) is 0 Å². The molecule has 1 aromatic rings. The first-order valence-electron chi connectivity index (χ1n) is 4.18. The molecule has 1 atom stereocenters. The van der Waals surface area contributed by atoms with Crippen LogP contribution in [0.4, 0.5) is 5.82 Å². The van der Waals surface area contributed by atoms with Gasteiger partial charge in [0.1, 0.15) is 5.82 Å². The van der Waals surface area contributed by atoms with Crippen molar-refractivity contribution in [1.29, 1.82) is 0 Å². The van der Waals surface area contributed by atoms with Crippen LogP contribution in [0.15, 0.2) is 18.3 Å². The first-order chi connectivity index (χ1) is 6.18. The van der Waals surface area contributed by atoms with E-state index in [0.29, 0.717) is 5.02 Å². The monoisotopic (exact) mass is 218 g/mol. The minimum absolute atomic E-state index is 0.194. The molecular formula is C9H12Cl2N2. The van der Waals surface area contributed by atoms with Crippen molar-refractivity contribution >= 4 is 29.0 Å². The third-order valence-electron chi connectivity index (χ3n) is 1.58. The van der Waals surface area contributed by atoms with Crippen LogP contribution in [0.5, 0.6) is 0 Å². The number of anilines is 1. The minimum Gasteiger partial charge on any atom is -0.370 e. The zero-order valence-corrected chi connectivity index (χ0v) is 8.94. The fourth-order valence-electron chi connectivity index (χ4n) is 0.880. The van der Waals surface area contributed by atoms with Gasteiger partial charge in [-0.1, -0.05) is 11.6 Å². The third-order valence-corrected chi connectivity index (χ3v) is 2.02. The normalized spacial score (nSPS) is 12.5. The fourth-order valence-corrected chi connectivity index (χ4v) is 1.10. The molecular weight excluding hydrogens is 207 g/mol. The number of alkyl halides is 1. The summed E-state index contributed by atoms with van der Waals surface area (Å²) in [7, 11) is 0. The van der Waals surface area contributed by atoms with E-state index in [0.717, 1.165) is 18.8 Å². The Morgan fingerprint density at radius 3 is 2.85 bits per heavy atom. The number of hydrogen-bond acceptors (Lipinski definition) is 2. The molecule has 0 amide bonds. The quantitative estimate of drug-likeness (QED) is 0.786. The molecule has 13 heavy (non-hydrogen) atoms. The van der Waals surface area contributed by atoms with Crippen LogP contribution in [-0.4, -0.2) is 16.9 Å². The topological polar surface area (TPSA) is 24.9 Å². The highest BCUT2D eigenvalue weighted by Crippen LogP contribution is 2.09. The number of halogens is 2. The highest BCUT2D eigenvalue weighted by Gasteiger charge is 1.96. The van der Waals surface area contributed by atoms with Crippen LogP contribution >= 0.6 is 23.2 Å². The molecule has 1 heterocycles. The maximum Gasteiger partial charge on any atom is 0.125 e. The standard InChI is InChI=1S/C9H12Cl2N2/c1-7(10)4-5-12-9-3-2-8(11)6-13-9/h2-3,6-7H,4-5H2,1H3,(H,12,13). The van der Waals surface area contributed by atoms with Crippen molar-refractivity contribution in [3.8, 4) is 0 Å². The first kappa shape index (κ1) is 10.6. The number of rotatable bonds is 4. The van der Waals surface area contributed by atoms with Crippen LogP contribution < -0.4 is 5.32 Å². The summed E-state index contributed by atoms with van der Waals surface area (Å²) in [4.78, 5) is 4.09. The van der Waals surface area contributed by atoms with E-state index >= 15 is 0 Å². The average Bonchev–Trinajstić information content (AvgIpc) is 2.08. The lowest BCUT2D eigenvalue weighted by Crippen LogP contribution is -2.06. The maximum atomic E-state index is 5.79. The van der Waals surface area contributed by atoms with Crippen LogP contribution in [0.3, 0.4) is 0 Å². The zero-order valence-electron chi connectivity index (χ0n) is 7.43. The molecule has 1 rings (SSSR count). The largest absolute Gasteiger partial charge is 0.370 e. The lowest BCUT2D eigenvalue weighted by atomic mass is 10.3. The van der Waals surface area contributed by atoms with Gasteiger partial charge in [0.15, 0.2) is 0 Å². The van der Waals surface area contributed by atoms with Gasteiger partial charge in [-0.25, -0.2) is 4.98 Å². The molecule has 0 radical (unpaired) electrons. The van der Waals surface area contributed by atoms with E-state index < -0.39 is 0 Å². The van der Waals surface area contributed by atoms with Crippen LogP contribution in [-0.2, 0) is 0 Å². The molecule has 1 aromatic heterocycles. The minimum atomic E-state index is 0.194. The second-order valence-electron chi connectivity index (χ2n) is 2.86. The van der Waals surface area contributed by atoms with Gasteiger partial charge in [-0.3, -0.25) is 0 Å². The van der Waals surface area contributed by atoms with Gasteiger partial charge in [0.2, 0.25) is 0 Å². The van der Waals surface area contributed by atoms with Gasteiger partial charge in [-0.15, -0.1) is 11.6 Å². The SMILES string of the molecule is CC(Cl)CCNc1ccc(Cl)cn1. The van der Waals surface area contributed by atoms with Crippen LogP contribution in [0, 0.1) is 0 Å². The smallest absolute Gasteiger partial charge is 0.125 e. The van der Waals surface area contributed by atoms with Crippen molar-refractivity contribution in [3.63, 3.8) is 0 Å². The van der Waals surface area contributed by atoms with Gasteiger partial charge in [-0.2, -0.15) is 0 Å². The molecule has 0 saturated carbocycles. The lowest BCUT2D eigenvalue weighted by molar-refractivity contribution is 0.839. The predicted molar refractivity (Wildman–Crippen MR) is 57.7 cm³/mol. The summed E-state index contributed by atoms with van der Waals surface area (Å²) < 4.78 is 0. The van der Waals surface area contributed by atoms with Gasteiger partial charge < -0.3 is 5.32 Å². The van der Waals surface area contributed by atoms with Gasteiger partial charge in [0.05, 0.1) is 5.02 Å². The van der Waals surface area contributed by atoms with Crippen LogP contribution in [0.25, 0.3) is 0 Å². The summed E-state index contributed by atoms with van der Waals surface area (Å²) in [5.41, 5.74) is 0. The van der Waals surface area contributed by atoms with Gasteiger partial charge >= 0.3 is 0 Å². The van der Waals surface area contributed by atoms with Crippen molar-refractivity contribution < 1.29 is 0 Å². The van der Waals surface area contributed by atoms with E-state index in [1.807, 2.05) is 13.0 Å². The molecule has 0 aliphatic carbocycles. The van der Waals surface area contributed by atoms with Gasteiger partial charge in [0, 0.05) is 18.1 Å². The molecule has 0 spiro atoms. The lowest BCUT2D eigenvalue weighted by Gasteiger charge is -2.05. The van der Waals surface area contributed by atoms with Crippen molar-refractivity contribution in [2.24, 2.45) is 0 Å². The zero-order chi connectivity index (χ0) is 9.68. The Balaban J connectivity index is 2.33. The van der Waals surface area contributed by atoms with E-state index in [-0.39, 0.29) is 5.38 Å². The molecule has 1 unspecified atom stereocenters. The van der Waals surface area contributed by atoms with Gasteiger partial charge in [0.25, 0.3) is 0 Å². The predicted octanol–water partition coefficient (Wildman–Crippen LogP) is 3.16. The average molecular weight is 219 g/mol.